The zero-order valence-corrected chi connectivity index (χ0v) is 52.2. The van der Waals surface area contributed by atoms with Gasteiger partial charge < -0.3 is 40.2 Å². The van der Waals surface area contributed by atoms with Crippen LogP contribution < -0.4 is 40.2 Å². The Bertz CT molecular complexity index is 4460. The predicted octanol–water partition coefficient (Wildman–Crippen LogP) is 17.1. The first-order valence-corrected chi connectivity index (χ1v) is 31.1. The first kappa shape index (κ1) is 59.7. The summed E-state index contributed by atoms with van der Waals surface area (Å²) in [6, 6.07) is 69.1. The van der Waals surface area contributed by atoms with Crippen molar-refractivity contribution in [1.82, 2.24) is 19.9 Å². The minimum Gasteiger partial charge on any atom is -0.495 e. The number of fused-ring (bicyclic) bond motifs is 4. The minimum atomic E-state index is 0.557. The summed E-state index contributed by atoms with van der Waals surface area (Å²) in [6.45, 7) is 2.36. The van der Waals surface area contributed by atoms with Gasteiger partial charge in [-0.05, 0) is 216 Å². The van der Waals surface area contributed by atoms with Crippen molar-refractivity contribution in [2.45, 2.75) is 51.9 Å². The average Bonchev–Trinajstić information content (AvgIpc) is 1.58. The van der Waals surface area contributed by atoms with Crippen LogP contribution in [0.1, 0.15) is 66.8 Å². The predicted molar refractivity (Wildman–Crippen MR) is 371 cm³/mol. The highest BCUT2D eigenvalue weighted by Gasteiger charge is 2.24. The molecular weight excluding hydrogens is 1140 g/mol. The lowest BCUT2D eigenvalue weighted by Crippen LogP contribution is -2.12. The van der Waals surface area contributed by atoms with E-state index in [1.807, 2.05) is 98.1 Å². The molecule has 0 saturated carbocycles. The van der Waals surface area contributed by atoms with E-state index in [-0.39, 0.29) is 0 Å². The number of methoxy groups -OCH3 is 4. The Morgan fingerprint density at radius 1 is 0.261 bits per heavy atom. The topological polar surface area (TPSA) is 137 Å². The summed E-state index contributed by atoms with van der Waals surface area (Å²) in [5, 5.41) is 15.2. The first-order chi connectivity index (χ1) is 45.3. The summed E-state index contributed by atoms with van der Waals surface area (Å²) >= 11 is 0. The molecule has 12 heteroatoms. The van der Waals surface area contributed by atoms with Gasteiger partial charge in [-0.3, -0.25) is 19.9 Å². The van der Waals surface area contributed by atoms with Crippen LogP contribution in [0.5, 0.6) is 23.0 Å². The Morgan fingerprint density at radius 2 is 0.522 bits per heavy atom. The van der Waals surface area contributed by atoms with Gasteiger partial charge in [0.1, 0.15) is 23.0 Å². The van der Waals surface area contributed by atoms with Crippen molar-refractivity contribution in [3.8, 4) is 67.5 Å². The van der Waals surface area contributed by atoms with Gasteiger partial charge in [-0.15, -0.1) is 0 Å². The lowest BCUT2D eigenvalue weighted by atomic mass is 9.84. The molecule has 1 aliphatic rings. The molecule has 92 heavy (non-hydrogen) atoms. The fourth-order valence-corrected chi connectivity index (χ4v) is 12.3. The van der Waals surface area contributed by atoms with Crippen molar-refractivity contribution in [2.75, 3.05) is 49.7 Å². The molecule has 0 unspecified atom stereocenters. The second-order valence-corrected chi connectivity index (χ2v) is 23.1. The SMILES string of the molecule is COc1cc2c(cc1NCc1ccc(-c3ccncc3)cc1)Cc1cc(OC)c(NCc3ccc(-c4ccncc4)cc3)cc1Cc1c(ccc(NCc3ccc(-c4ccncc4)cc3)c1OC)Cc1cc(OC)c(NCc3ccc(-c4ccncc4)cc3)cc1C2. The monoisotopic (exact) mass is 1210 g/mol. The Labute approximate surface area is 538 Å². The van der Waals surface area contributed by atoms with Crippen molar-refractivity contribution in [1.29, 1.82) is 0 Å². The lowest BCUT2D eigenvalue weighted by molar-refractivity contribution is 0.411. The molecular formula is C80H72N8O4. The number of benzene rings is 8. The molecule has 0 aliphatic heterocycles. The van der Waals surface area contributed by atoms with Gasteiger partial charge in [0.15, 0.2) is 0 Å². The Hall–Kier alpha value is -11.2. The highest BCUT2D eigenvalue weighted by Crippen LogP contribution is 2.43. The van der Waals surface area contributed by atoms with Crippen LogP contribution in [0, 0.1) is 0 Å². The van der Waals surface area contributed by atoms with E-state index in [0.29, 0.717) is 51.9 Å². The molecule has 0 spiro atoms. The van der Waals surface area contributed by atoms with E-state index in [2.05, 4.69) is 187 Å². The molecule has 12 nitrogen and oxygen atoms in total. The van der Waals surface area contributed by atoms with Crippen molar-refractivity contribution in [3.05, 3.63) is 310 Å². The summed E-state index contributed by atoms with van der Waals surface area (Å²) in [6.07, 6.45) is 17.0. The van der Waals surface area contributed by atoms with Crippen LogP contribution in [0.2, 0.25) is 0 Å². The van der Waals surface area contributed by atoms with Crippen LogP contribution in [0.4, 0.5) is 22.7 Å². The van der Waals surface area contributed by atoms with Crippen molar-refractivity contribution >= 4 is 22.7 Å². The standard InChI is InChI=1S/C80H72N8O4/c1-89-77-46-68-39-65-21-22-73(85-49-53-5-13-57(14-6-53)61-23-31-81-32-24-61)80(92-4)72(65)42-71-45-76(88-52-56-11-19-60(20-12-56)64-29-37-84-38-30-64)79(91-3)48-70(71)41-67-44-75(87-51-55-9-17-59(18-10-55)63-27-35-83-36-28-63)78(90-2)47-69(67)40-66(68)43-74(77)86-50-54-7-15-58(16-8-54)62-25-33-82-34-26-62/h5-38,43-48,85-88H,39-42,49-52H2,1-4H3. The number of hydrogen-bond donors (Lipinski definition) is 4. The van der Waals surface area contributed by atoms with Crippen LogP contribution >= 0.6 is 0 Å². The average molecular weight is 1210 g/mol. The fourth-order valence-electron chi connectivity index (χ4n) is 12.3. The van der Waals surface area contributed by atoms with E-state index in [9.17, 15) is 0 Å². The zero-order chi connectivity index (χ0) is 62.6. The number of ether oxygens (including phenoxy) is 4. The highest BCUT2D eigenvalue weighted by atomic mass is 16.5. The van der Waals surface area contributed by atoms with Gasteiger partial charge in [-0.25, -0.2) is 0 Å². The smallest absolute Gasteiger partial charge is 0.145 e. The maximum Gasteiger partial charge on any atom is 0.145 e. The third-order valence-corrected chi connectivity index (χ3v) is 17.4. The number of hydrogen-bond acceptors (Lipinski definition) is 12. The van der Waals surface area contributed by atoms with Gasteiger partial charge in [0.05, 0.1) is 51.2 Å². The molecule has 0 amide bonds. The molecule has 8 aromatic carbocycles. The summed E-state index contributed by atoms with van der Waals surface area (Å²) < 4.78 is 25.7. The third-order valence-electron chi connectivity index (χ3n) is 17.4. The second-order valence-electron chi connectivity index (χ2n) is 23.1. The Kier molecular flexibility index (Phi) is 18.2. The first-order valence-electron chi connectivity index (χ1n) is 31.1. The van der Waals surface area contributed by atoms with Crippen molar-refractivity contribution in [3.63, 3.8) is 0 Å². The number of rotatable bonds is 20. The van der Waals surface area contributed by atoms with E-state index in [1.165, 1.54) is 0 Å². The molecule has 4 aromatic heterocycles. The van der Waals surface area contributed by atoms with Crippen LogP contribution in [0.3, 0.4) is 0 Å². The largest absolute Gasteiger partial charge is 0.495 e. The third kappa shape index (κ3) is 13.8. The number of nitrogens with one attached hydrogen (secondary N) is 4. The summed E-state index contributed by atoms with van der Waals surface area (Å²) in [5.41, 5.74) is 26.4. The quantitative estimate of drug-likeness (QED) is 0.0578. The number of pyridine rings is 4. The van der Waals surface area contributed by atoms with Crippen molar-refractivity contribution < 1.29 is 18.9 Å². The molecule has 0 saturated heterocycles. The van der Waals surface area contributed by atoms with Gasteiger partial charge in [0.25, 0.3) is 0 Å². The summed E-state index contributed by atoms with van der Waals surface area (Å²) in [5.74, 6) is 3.08. The maximum absolute atomic E-state index is 6.64. The van der Waals surface area contributed by atoms with E-state index >= 15 is 0 Å². The van der Waals surface area contributed by atoms with Crippen LogP contribution in [0.25, 0.3) is 44.5 Å². The van der Waals surface area contributed by atoms with Gasteiger partial charge >= 0.3 is 0 Å². The second kappa shape index (κ2) is 28.1. The minimum absolute atomic E-state index is 0.557. The zero-order valence-electron chi connectivity index (χ0n) is 52.2. The van der Waals surface area contributed by atoms with E-state index in [0.717, 1.165) is 157 Å². The fraction of sp³-hybridized carbons (Fsp3) is 0.150. The summed E-state index contributed by atoms with van der Waals surface area (Å²) in [7, 11) is 7.06. The molecule has 4 N–H and O–H groups in total. The number of nitrogens with zero attached hydrogens (tertiary/aromatic N) is 4. The molecule has 0 atom stereocenters. The molecule has 0 fully saturated rings. The molecule has 12 aromatic rings. The summed E-state index contributed by atoms with van der Waals surface area (Å²) in [4.78, 5) is 16.9. The Morgan fingerprint density at radius 3 is 0.815 bits per heavy atom. The molecule has 0 radical (unpaired) electrons. The number of aromatic nitrogens is 4. The number of anilines is 4. The van der Waals surface area contributed by atoms with Gasteiger partial charge in [-0.1, -0.05) is 103 Å². The van der Waals surface area contributed by atoms with E-state index in [1.54, 1.807) is 28.4 Å². The molecule has 0 bridgehead atoms. The van der Waals surface area contributed by atoms with E-state index in [4.69, 9.17) is 18.9 Å². The van der Waals surface area contributed by atoms with Gasteiger partial charge in [0.2, 0.25) is 0 Å². The molecule has 13 rings (SSSR count). The van der Waals surface area contributed by atoms with E-state index < -0.39 is 0 Å². The van der Waals surface area contributed by atoms with Crippen molar-refractivity contribution in [2.24, 2.45) is 0 Å². The molecule has 4 heterocycles. The highest BCUT2D eigenvalue weighted by molar-refractivity contribution is 5.72. The maximum atomic E-state index is 6.64. The Balaban J connectivity index is 0.907. The van der Waals surface area contributed by atoms with Gasteiger partial charge in [0, 0.05) is 87.7 Å². The van der Waals surface area contributed by atoms with Crippen LogP contribution in [-0.4, -0.2) is 48.4 Å². The van der Waals surface area contributed by atoms with Crippen LogP contribution in [0.15, 0.2) is 244 Å². The molecule has 456 valence electrons. The molecule has 1 aliphatic carbocycles. The lowest BCUT2D eigenvalue weighted by Gasteiger charge is -2.25. The van der Waals surface area contributed by atoms with Crippen LogP contribution in [-0.2, 0) is 51.9 Å². The normalized spacial score (nSPS) is 11.7. The van der Waals surface area contributed by atoms with Gasteiger partial charge in [-0.2, -0.15) is 0 Å².